The van der Waals surface area contributed by atoms with Gasteiger partial charge in [-0.15, -0.1) is 0 Å². The predicted molar refractivity (Wildman–Crippen MR) is 180 cm³/mol. The molecule has 0 unspecified atom stereocenters. The van der Waals surface area contributed by atoms with Crippen LogP contribution in [0.4, 0.5) is 10.1 Å². The number of aromatic nitrogens is 3. The Hall–Kier alpha value is -3.95. The van der Waals surface area contributed by atoms with Crippen LogP contribution < -0.4 is 5.32 Å². The molecule has 252 valence electrons. The number of benzene rings is 1. The Balaban J connectivity index is 1.54. The number of hydrogen-bond acceptors (Lipinski definition) is 7. The fourth-order valence-electron chi connectivity index (χ4n) is 6.90. The summed E-state index contributed by atoms with van der Waals surface area (Å²) in [6.45, 7) is 9.69. The largest absolute Gasteiger partial charge is 0.385 e. The smallest absolute Gasteiger partial charge is 0.245 e. The van der Waals surface area contributed by atoms with Crippen LogP contribution >= 0.6 is 0 Å². The van der Waals surface area contributed by atoms with Crippen LogP contribution in [0.2, 0.25) is 0 Å². The average Bonchev–Trinajstić information content (AvgIpc) is 3.56. The van der Waals surface area contributed by atoms with Crippen LogP contribution in [0, 0.1) is 19.8 Å². The van der Waals surface area contributed by atoms with E-state index < -0.39 is 17.6 Å². The lowest BCUT2D eigenvalue weighted by atomic mass is 9.92. The van der Waals surface area contributed by atoms with Crippen molar-refractivity contribution >= 4 is 39.8 Å². The highest BCUT2D eigenvalue weighted by molar-refractivity contribution is 6.06. The summed E-state index contributed by atoms with van der Waals surface area (Å²) in [6, 6.07) is 6.77. The maximum Gasteiger partial charge on any atom is 0.245 e. The van der Waals surface area contributed by atoms with Crippen molar-refractivity contribution in [2.45, 2.75) is 117 Å². The molecule has 1 amide bonds. The molecule has 10 heteroatoms. The van der Waals surface area contributed by atoms with Gasteiger partial charge in [-0.1, -0.05) is 32.8 Å². The van der Waals surface area contributed by atoms with E-state index in [1.54, 1.807) is 4.68 Å². The molecule has 1 aromatic carbocycles. The van der Waals surface area contributed by atoms with Gasteiger partial charge in [0.1, 0.15) is 23.7 Å². The number of nitrogens with one attached hydrogen (secondary N) is 1. The molecule has 9 nitrogen and oxygen atoms in total. The number of Topliss-reactive ketones (excluding diaryl/α,β-unsaturated/α-hetero) is 3. The second kappa shape index (κ2) is 14.4. The van der Waals surface area contributed by atoms with E-state index in [-0.39, 0.29) is 61.8 Å². The Labute approximate surface area is 276 Å². The number of carbonyl (C=O) groups excluding carboxylic acids is 4. The molecule has 0 aliphatic carbocycles. The van der Waals surface area contributed by atoms with Gasteiger partial charge >= 0.3 is 0 Å². The first kappa shape index (κ1) is 34.4. The average molecular weight is 646 g/mol. The molecule has 3 aromatic rings. The van der Waals surface area contributed by atoms with Crippen molar-refractivity contribution in [3.05, 3.63) is 52.5 Å². The van der Waals surface area contributed by atoms with Crippen molar-refractivity contribution in [3.63, 3.8) is 0 Å². The Morgan fingerprint density at radius 1 is 1.06 bits per heavy atom. The first-order valence-corrected chi connectivity index (χ1v) is 17.1. The summed E-state index contributed by atoms with van der Waals surface area (Å²) in [4.78, 5) is 59.5. The van der Waals surface area contributed by atoms with Gasteiger partial charge in [0, 0.05) is 49.5 Å². The molecule has 1 fully saturated rings. The fraction of sp³-hybridized carbons (Fsp3) is 0.568. The van der Waals surface area contributed by atoms with Crippen molar-refractivity contribution in [2.75, 3.05) is 18.4 Å². The van der Waals surface area contributed by atoms with Crippen LogP contribution in [-0.4, -0.2) is 67.7 Å². The Morgan fingerprint density at radius 3 is 2.53 bits per heavy atom. The summed E-state index contributed by atoms with van der Waals surface area (Å²) in [6.07, 6.45) is 4.38. The molecule has 5 rings (SSSR count). The fourth-order valence-corrected chi connectivity index (χ4v) is 6.90. The second-order valence-corrected chi connectivity index (χ2v) is 14.1. The molecule has 4 heterocycles. The molecule has 0 spiro atoms. The summed E-state index contributed by atoms with van der Waals surface area (Å²) >= 11 is 0. The zero-order valence-corrected chi connectivity index (χ0v) is 28.5. The lowest BCUT2D eigenvalue weighted by Gasteiger charge is -2.24. The molecular formula is C37H48FN5O4. The molecule has 2 aliphatic rings. The van der Waals surface area contributed by atoms with Crippen molar-refractivity contribution in [1.82, 2.24) is 19.7 Å². The van der Waals surface area contributed by atoms with Gasteiger partial charge in [-0.3, -0.25) is 28.8 Å². The van der Waals surface area contributed by atoms with E-state index in [9.17, 15) is 19.2 Å². The number of aryl methyl sites for hydroxylation is 3. The highest BCUT2D eigenvalue weighted by Gasteiger charge is 2.49. The van der Waals surface area contributed by atoms with E-state index in [0.29, 0.717) is 35.4 Å². The number of rotatable bonds is 7. The third-order valence-electron chi connectivity index (χ3n) is 9.52. The van der Waals surface area contributed by atoms with E-state index in [1.807, 2.05) is 32.0 Å². The monoisotopic (exact) mass is 645 g/mol. The second-order valence-electron chi connectivity index (χ2n) is 14.1. The first-order valence-electron chi connectivity index (χ1n) is 17.1. The molecule has 2 aromatic heterocycles. The van der Waals surface area contributed by atoms with Gasteiger partial charge in [0.2, 0.25) is 5.91 Å². The number of halogens is 1. The van der Waals surface area contributed by atoms with Crippen molar-refractivity contribution in [2.24, 2.45) is 5.92 Å². The molecule has 47 heavy (non-hydrogen) atoms. The van der Waals surface area contributed by atoms with Gasteiger partial charge in [0.05, 0.1) is 30.2 Å². The Morgan fingerprint density at radius 2 is 1.81 bits per heavy atom. The van der Waals surface area contributed by atoms with E-state index in [4.69, 9.17) is 0 Å². The number of fused-ring (bicyclic) bond motifs is 2. The minimum atomic E-state index is -1.87. The van der Waals surface area contributed by atoms with Crippen molar-refractivity contribution in [3.8, 4) is 0 Å². The normalized spacial score (nSPS) is 21.3. The zero-order valence-electron chi connectivity index (χ0n) is 28.5. The Bertz CT molecular complexity index is 1680. The van der Waals surface area contributed by atoms with Crippen LogP contribution in [0.3, 0.4) is 0 Å². The van der Waals surface area contributed by atoms with E-state index in [0.717, 1.165) is 54.7 Å². The lowest BCUT2D eigenvalue weighted by molar-refractivity contribution is -0.138. The van der Waals surface area contributed by atoms with Crippen molar-refractivity contribution < 1.29 is 23.6 Å². The molecule has 2 atom stereocenters. The topological polar surface area (TPSA) is 114 Å². The minimum absolute atomic E-state index is 0.0149. The van der Waals surface area contributed by atoms with Gasteiger partial charge in [0.15, 0.2) is 11.6 Å². The summed E-state index contributed by atoms with van der Waals surface area (Å²) in [7, 11) is 0. The maximum atomic E-state index is 16.5. The first-order chi connectivity index (χ1) is 22.3. The number of nitrogens with zero attached hydrogens (tertiary/aromatic N) is 4. The Kier molecular flexibility index (Phi) is 10.6. The number of alkyl halides is 1. The third kappa shape index (κ3) is 8.14. The van der Waals surface area contributed by atoms with Crippen molar-refractivity contribution in [1.29, 1.82) is 0 Å². The number of amides is 1. The number of carbonyl (C=O) groups is 4. The van der Waals surface area contributed by atoms with Gasteiger partial charge in [-0.05, 0) is 74.8 Å². The number of pyridine rings is 1. The number of ketones is 3. The van der Waals surface area contributed by atoms with Gasteiger partial charge in [-0.25, -0.2) is 4.39 Å². The number of anilines is 1. The molecule has 1 N–H and O–H groups in total. The summed E-state index contributed by atoms with van der Waals surface area (Å²) in [5.74, 6) is -0.508. The predicted octanol–water partition coefficient (Wildman–Crippen LogP) is 6.30. The van der Waals surface area contributed by atoms with Crippen LogP contribution in [0.1, 0.15) is 105 Å². The van der Waals surface area contributed by atoms with E-state index in [1.165, 1.54) is 11.8 Å². The van der Waals surface area contributed by atoms with Crippen LogP contribution in [0.15, 0.2) is 24.3 Å². The highest BCUT2D eigenvalue weighted by Crippen LogP contribution is 2.37. The minimum Gasteiger partial charge on any atom is -0.385 e. The van der Waals surface area contributed by atoms with Gasteiger partial charge in [0.25, 0.3) is 0 Å². The lowest BCUT2D eigenvalue weighted by Crippen LogP contribution is -2.43. The molecular weight excluding hydrogens is 597 g/mol. The molecule has 0 saturated carbocycles. The van der Waals surface area contributed by atoms with Crippen LogP contribution in [-0.2, 0) is 33.8 Å². The quantitative estimate of drug-likeness (QED) is 0.300. The SMILES string of the molecule is CC(=O)c1nn2c3c(cc(NCC(C)C)cc13)CCCCCCC(=O)CC[C@@]1(F)C[C@@H](C(=O)Cc3nc(C)ccc3C)N(C1)C(=O)C2. The third-order valence-corrected chi connectivity index (χ3v) is 9.52. The maximum absolute atomic E-state index is 16.5. The molecule has 1 saturated heterocycles. The summed E-state index contributed by atoms with van der Waals surface area (Å²) < 4.78 is 18.1. The molecule has 2 aliphatic heterocycles. The summed E-state index contributed by atoms with van der Waals surface area (Å²) in [5.41, 5.74) is 3.22. The summed E-state index contributed by atoms with van der Waals surface area (Å²) in [5, 5.41) is 8.80. The number of hydrogen-bond donors (Lipinski definition) is 1. The molecule has 2 bridgehead atoms. The van der Waals surface area contributed by atoms with E-state index >= 15 is 4.39 Å². The zero-order chi connectivity index (χ0) is 33.9. The van der Waals surface area contributed by atoms with E-state index in [2.05, 4.69) is 35.3 Å². The van der Waals surface area contributed by atoms with Gasteiger partial charge < -0.3 is 10.2 Å². The highest BCUT2D eigenvalue weighted by atomic mass is 19.1. The van der Waals surface area contributed by atoms with Gasteiger partial charge in [-0.2, -0.15) is 5.10 Å². The molecule has 0 radical (unpaired) electrons. The van der Waals surface area contributed by atoms with Crippen LogP contribution in [0.5, 0.6) is 0 Å². The standard InChI is InChI=1S/C37H48FN5O4/c1-23(2)20-39-28-16-27-10-8-6-7-9-11-29(45)14-15-37(38)19-32(33(46)18-31-24(3)12-13-25(4)40-31)42(22-37)34(47)21-43-36(27)30(17-28)35(41-43)26(5)44/h12-13,16-17,23,32,39H,6-11,14-15,18-22H2,1-5H3/t32-,37+/m0/s1. The van der Waals surface area contributed by atoms with Crippen LogP contribution in [0.25, 0.3) is 10.9 Å².